The predicted octanol–water partition coefficient (Wildman–Crippen LogP) is 0.454. The molecule has 2 atom stereocenters. The van der Waals surface area contributed by atoms with E-state index >= 15 is 0 Å². The SMILES string of the molecule is CC1CC(N)CCN1S(=O)(=O)c1cccnc1C#N. The minimum atomic E-state index is -3.68. The van der Waals surface area contributed by atoms with Gasteiger partial charge in [-0.05, 0) is 31.9 Å². The van der Waals surface area contributed by atoms with E-state index in [4.69, 9.17) is 11.0 Å². The summed E-state index contributed by atoms with van der Waals surface area (Å²) in [6.45, 7) is 2.21. The smallest absolute Gasteiger partial charge is 0.246 e. The summed E-state index contributed by atoms with van der Waals surface area (Å²) in [4.78, 5) is 3.78. The number of hydrogen-bond donors (Lipinski definition) is 1. The van der Waals surface area contributed by atoms with E-state index in [1.807, 2.05) is 13.0 Å². The summed E-state index contributed by atoms with van der Waals surface area (Å²) in [5.74, 6) is 0. The van der Waals surface area contributed by atoms with Gasteiger partial charge in [-0.1, -0.05) is 0 Å². The van der Waals surface area contributed by atoms with Crippen LogP contribution in [0, 0.1) is 11.3 Å². The molecule has 19 heavy (non-hydrogen) atoms. The van der Waals surface area contributed by atoms with E-state index in [9.17, 15) is 8.42 Å². The third kappa shape index (κ3) is 2.61. The van der Waals surface area contributed by atoms with Crippen LogP contribution in [0.15, 0.2) is 23.2 Å². The van der Waals surface area contributed by atoms with E-state index in [-0.39, 0.29) is 22.7 Å². The Morgan fingerprint density at radius 2 is 2.32 bits per heavy atom. The van der Waals surface area contributed by atoms with Crippen LogP contribution in [0.1, 0.15) is 25.5 Å². The maximum absolute atomic E-state index is 12.6. The highest BCUT2D eigenvalue weighted by molar-refractivity contribution is 7.89. The lowest BCUT2D eigenvalue weighted by Crippen LogP contribution is -2.48. The minimum Gasteiger partial charge on any atom is -0.328 e. The summed E-state index contributed by atoms with van der Waals surface area (Å²) < 4.78 is 26.6. The Bertz CT molecular complexity index is 608. The van der Waals surface area contributed by atoms with E-state index in [0.717, 1.165) is 0 Å². The van der Waals surface area contributed by atoms with Gasteiger partial charge < -0.3 is 5.73 Å². The van der Waals surface area contributed by atoms with Crippen LogP contribution in [-0.2, 0) is 10.0 Å². The van der Waals surface area contributed by atoms with Gasteiger partial charge in [-0.3, -0.25) is 0 Å². The van der Waals surface area contributed by atoms with Gasteiger partial charge in [-0.15, -0.1) is 0 Å². The molecule has 102 valence electrons. The van der Waals surface area contributed by atoms with Crippen molar-refractivity contribution < 1.29 is 8.42 Å². The highest BCUT2D eigenvalue weighted by Crippen LogP contribution is 2.25. The Morgan fingerprint density at radius 3 is 2.95 bits per heavy atom. The molecule has 1 aliphatic rings. The van der Waals surface area contributed by atoms with E-state index < -0.39 is 10.0 Å². The minimum absolute atomic E-state index is 0.0279. The highest BCUT2D eigenvalue weighted by Gasteiger charge is 2.34. The van der Waals surface area contributed by atoms with Crippen molar-refractivity contribution in [2.45, 2.75) is 36.7 Å². The molecular formula is C12H16N4O2S. The number of aromatic nitrogens is 1. The molecule has 2 unspecified atom stereocenters. The number of nitrogens with two attached hydrogens (primary N) is 1. The first-order valence-electron chi connectivity index (χ1n) is 6.09. The lowest BCUT2D eigenvalue weighted by atomic mass is 10.0. The molecule has 0 aromatic carbocycles. The molecule has 2 N–H and O–H groups in total. The monoisotopic (exact) mass is 280 g/mol. The van der Waals surface area contributed by atoms with Crippen LogP contribution in [-0.4, -0.2) is 36.3 Å². The Morgan fingerprint density at radius 1 is 1.58 bits per heavy atom. The number of hydrogen-bond acceptors (Lipinski definition) is 5. The molecule has 7 heteroatoms. The van der Waals surface area contributed by atoms with Crippen LogP contribution >= 0.6 is 0 Å². The Labute approximate surface area is 112 Å². The number of piperidine rings is 1. The van der Waals surface area contributed by atoms with Gasteiger partial charge in [0.15, 0.2) is 5.69 Å². The third-order valence-electron chi connectivity index (χ3n) is 3.32. The van der Waals surface area contributed by atoms with Gasteiger partial charge in [0.1, 0.15) is 11.0 Å². The van der Waals surface area contributed by atoms with Gasteiger partial charge in [0, 0.05) is 24.8 Å². The molecule has 2 rings (SSSR count). The second kappa shape index (κ2) is 5.25. The summed E-state index contributed by atoms with van der Waals surface area (Å²) in [7, 11) is -3.68. The second-order valence-electron chi connectivity index (χ2n) is 4.71. The van der Waals surface area contributed by atoms with Gasteiger partial charge in [-0.2, -0.15) is 9.57 Å². The summed E-state index contributed by atoms with van der Waals surface area (Å²) in [6.07, 6.45) is 2.67. The Hall–Kier alpha value is -1.49. The zero-order valence-corrected chi connectivity index (χ0v) is 11.5. The Balaban J connectivity index is 2.41. The van der Waals surface area contributed by atoms with Crippen LogP contribution in [0.5, 0.6) is 0 Å². The molecule has 0 bridgehead atoms. The van der Waals surface area contributed by atoms with Crippen molar-refractivity contribution in [2.24, 2.45) is 5.73 Å². The van der Waals surface area contributed by atoms with Crippen LogP contribution in [0.4, 0.5) is 0 Å². The van der Waals surface area contributed by atoms with E-state index in [0.29, 0.717) is 19.4 Å². The first kappa shape index (κ1) is 13.9. The topological polar surface area (TPSA) is 100 Å². The van der Waals surface area contributed by atoms with Gasteiger partial charge >= 0.3 is 0 Å². The highest BCUT2D eigenvalue weighted by atomic mass is 32.2. The molecule has 2 heterocycles. The van der Waals surface area contributed by atoms with Gasteiger partial charge in [0.05, 0.1) is 0 Å². The van der Waals surface area contributed by atoms with E-state index in [1.54, 1.807) is 0 Å². The molecule has 1 aliphatic heterocycles. The quantitative estimate of drug-likeness (QED) is 0.848. The summed E-state index contributed by atoms with van der Waals surface area (Å²) in [6, 6.07) is 4.63. The predicted molar refractivity (Wildman–Crippen MR) is 69.5 cm³/mol. The van der Waals surface area contributed by atoms with Crippen molar-refractivity contribution in [2.75, 3.05) is 6.54 Å². The van der Waals surface area contributed by atoms with E-state index in [2.05, 4.69) is 4.98 Å². The average molecular weight is 280 g/mol. The molecule has 0 radical (unpaired) electrons. The molecule has 1 fully saturated rings. The number of nitriles is 1. The molecule has 1 aromatic heterocycles. The fourth-order valence-electron chi connectivity index (χ4n) is 2.35. The molecule has 0 saturated carbocycles. The Kier molecular flexibility index (Phi) is 3.85. The first-order valence-corrected chi connectivity index (χ1v) is 7.53. The molecular weight excluding hydrogens is 264 g/mol. The first-order chi connectivity index (χ1) is 8.96. The maximum Gasteiger partial charge on any atom is 0.246 e. The zero-order chi connectivity index (χ0) is 14.0. The van der Waals surface area contributed by atoms with Crippen LogP contribution in [0.2, 0.25) is 0 Å². The molecule has 1 saturated heterocycles. The van der Waals surface area contributed by atoms with Crippen molar-refractivity contribution in [1.29, 1.82) is 5.26 Å². The summed E-state index contributed by atoms with van der Waals surface area (Å²) >= 11 is 0. The third-order valence-corrected chi connectivity index (χ3v) is 5.36. The van der Waals surface area contributed by atoms with Crippen LogP contribution in [0.25, 0.3) is 0 Å². The lowest BCUT2D eigenvalue weighted by molar-refractivity contribution is 0.247. The van der Waals surface area contributed by atoms with Crippen molar-refractivity contribution in [3.8, 4) is 6.07 Å². The molecule has 0 aliphatic carbocycles. The molecule has 0 amide bonds. The number of pyridine rings is 1. The van der Waals surface area contributed by atoms with Gasteiger partial charge in [0.25, 0.3) is 0 Å². The zero-order valence-electron chi connectivity index (χ0n) is 10.7. The number of nitrogens with zero attached hydrogens (tertiary/aromatic N) is 3. The fraction of sp³-hybridized carbons (Fsp3) is 0.500. The van der Waals surface area contributed by atoms with Crippen LogP contribution in [0.3, 0.4) is 0 Å². The van der Waals surface area contributed by atoms with E-state index in [1.165, 1.54) is 22.6 Å². The largest absolute Gasteiger partial charge is 0.328 e. The molecule has 1 aromatic rings. The molecule has 0 spiro atoms. The normalized spacial score (nSPS) is 24.9. The van der Waals surface area contributed by atoms with Crippen molar-refractivity contribution in [3.63, 3.8) is 0 Å². The number of sulfonamides is 1. The lowest BCUT2D eigenvalue weighted by Gasteiger charge is -2.35. The van der Waals surface area contributed by atoms with Crippen molar-refractivity contribution >= 4 is 10.0 Å². The fourth-order valence-corrected chi connectivity index (χ4v) is 4.10. The maximum atomic E-state index is 12.6. The summed E-state index contributed by atoms with van der Waals surface area (Å²) in [5, 5.41) is 8.97. The van der Waals surface area contributed by atoms with Crippen molar-refractivity contribution in [1.82, 2.24) is 9.29 Å². The summed E-state index contributed by atoms with van der Waals surface area (Å²) in [5.41, 5.74) is 5.77. The number of rotatable bonds is 2. The van der Waals surface area contributed by atoms with Crippen LogP contribution < -0.4 is 5.73 Å². The van der Waals surface area contributed by atoms with Gasteiger partial charge in [0.2, 0.25) is 10.0 Å². The standard InChI is InChI=1S/C12H16N4O2S/c1-9-7-10(14)4-6-16(9)19(17,18)12-3-2-5-15-11(12)8-13/h2-3,5,9-10H,4,6-7,14H2,1H3. The van der Waals surface area contributed by atoms with Gasteiger partial charge in [-0.25, -0.2) is 13.4 Å². The molecule has 6 nitrogen and oxygen atoms in total. The average Bonchev–Trinajstić information content (AvgIpc) is 2.38. The van der Waals surface area contributed by atoms with Crippen molar-refractivity contribution in [3.05, 3.63) is 24.0 Å². The second-order valence-corrected chi connectivity index (χ2v) is 6.57.